The molecule has 18 heavy (non-hydrogen) atoms. The number of nitrogens with zero attached hydrogens (tertiary/aromatic N) is 1. The molecule has 0 saturated heterocycles. The van der Waals surface area contributed by atoms with Gasteiger partial charge in [-0.1, -0.05) is 48.5 Å². The first-order chi connectivity index (χ1) is 8.75. The minimum atomic E-state index is 0.0589. The summed E-state index contributed by atoms with van der Waals surface area (Å²) < 4.78 is 6.07. The Hall–Kier alpha value is -1.80. The van der Waals surface area contributed by atoms with Crippen molar-refractivity contribution in [3.05, 3.63) is 66.2 Å². The van der Waals surface area contributed by atoms with Gasteiger partial charge in [0, 0.05) is 6.54 Å². The van der Waals surface area contributed by atoms with E-state index < -0.39 is 0 Å². The second-order valence-electron chi connectivity index (χ2n) is 4.59. The Bertz CT molecular complexity index is 453. The molecule has 2 nitrogen and oxygen atoms in total. The van der Waals surface area contributed by atoms with Crippen LogP contribution in [0.3, 0.4) is 0 Å². The Morgan fingerprint density at radius 3 is 2.00 bits per heavy atom. The molecule has 0 aliphatic rings. The van der Waals surface area contributed by atoms with Gasteiger partial charge in [0.05, 0.1) is 0 Å². The summed E-state index contributed by atoms with van der Waals surface area (Å²) in [6, 6.07) is 20.3. The quantitative estimate of drug-likeness (QED) is 0.795. The summed E-state index contributed by atoms with van der Waals surface area (Å²) in [5.41, 5.74) is 1.20. The molecular weight excluding hydrogens is 222 g/mol. The molecule has 0 unspecified atom stereocenters. The molecule has 0 aliphatic carbocycles. The molecule has 0 aromatic heterocycles. The Labute approximate surface area is 109 Å². The van der Waals surface area contributed by atoms with Crippen molar-refractivity contribution >= 4 is 0 Å². The minimum Gasteiger partial charge on any atom is -0.484 e. The average Bonchev–Trinajstić information content (AvgIpc) is 2.40. The molecule has 0 radical (unpaired) electrons. The highest BCUT2D eigenvalue weighted by Gasteiger charge is 2.13. The fourth-order valence-electron chi connectivity index (χ4n) is 1.87. The molecule has 0 saturated carbocycles. The molecule has 0 amide bonds. The minimum absolute atomic E-state index is 0.0589. The zero-order valence-electron chi connectivity index (χ0n) is 10.9. The summed E-state index contributed by atoms with van der Waals surface area (Å²) in [5, 5.41) is 0. The van der Waals surface area contributed by atoms with Crippen molar-refractivity contribution in [1.29, 1.82) is 0 Å². The molecule has 0 aliphatic heterocycles. The van der Waals surface area contributed by atoms with Crippen LogP contribution in [-0.4, -0.2) is 25.5 Å². The zero-order chi connectivity index (χ0) is 12.8. The number of hydrogen-bond donors (Lipinski definition) is 0. The van der Waals surface area contributed by atoms with Gasteiger partial charge >= 0.3 is 0 Å². The first-order valence-corrected chi connectivity index (χ1v) is 6.17. The van der Waals surface area contributed by atoms with Gasteiger partial charge in [-0.25, -0.2) is 0 Å². The fourth-order valence-corrected chi connectivity index (χ4v) is 1.87. The maximum Gasteiger partial charge on any atom is 0.136 e. The fraction of sp³-hybridized carbons (Fsp3) is 0.250. The number of benzene rings is 2. The van der Waals surface area contributed by atoms with Gasteiger partial charge in [-0.15, -0.1) is 0 Å². The standard InChI is InChI=1S/C16H19NO/c1-17(2)13-16(14-9-5-3-6-10-14)18-15-11-7-4-8-12-15/h3-12,16H,13H2,1-2H3/t16-/m0/s1. The smallest absolute Gasteiger partial charge is 0.136 e. The number of likely N-dealkylation sites (N-methyl/N-ethyl adjacent to an activating group) is 1. The van der Waals surface area contributed by atoms with Gasteiger partial charge in [0.15, 0.2) is 0 Å². The van der Waals surface area contributed by atoms with Crippen LogP contribution < -0.4 is 4.74 Å². The number of ether oxygens (including phenoxy) is 1. The molecule has 94 valence electrons. The van der Waals surface area contributed by atoms with E-state index in [0.717, 1.165) is 12.3 Å². The maximum atomic E-state index is 6.07. The van der Waals surface area contributed by atoms with Gasteiger partial charge in [-0.05, 0) is 31.8 Å². The number of para-hydroxylation sites is 1. The van der Waals surface area contributed by atoms with Crippen LogP contribution in [0.1, 0.15) is 11.7 Å². The average molecular weight is 241 g/mol. The summed E-state index contributed by atoms with van der Waals surface area (Å²) >= 11 is 0. The monoisotopic (exact) mass is 241 g/mol. The van der Waals surface area contributed by atoms with Gasteiger partial charge in [-0.2, -0.15) is 0 Å². The summed E-state index contributed by atoms with van der Waals surface area (Å²) in [4.78, 5) is 2.14. The van der Waals surface area contributed by atoms with Crippen molar-refractivity contribution in [2.24, 2.45) is 0 Å². The molecule has 2 aromatic rings. The lowest BCUT2D eigenvalue weighted by Crippen LogP contribution is -2.24. The lowest BCUT2D eigenvalue weighted by Gasteiger charge is -2.23. The maximum absolute atomic E-state index is 6.07. The van der Waals surface area contributed by atoms with Gasteiger partial charge < -0.3 is 9.64 Å². The van der Waals surface area contributed by atoms with E-state index >= 15 is 0 Å². The lowest BCUT2D eigenvalue weighted by molar-refractivity contribution is 0.162. The van der Waals surface area contributed by atoms with Crippen molar-refractivity contribution in [3.63, 3.8) is 0 Å². The highest BCUT2D eigenvalue weighted by atomic mass is 16.5. The number of rotatable bonds is 5. The predicted molar refractivity (Wildman–Crippen MR) is 74.8 cm³/mol. The SMILES string of the molecule is CN(C)C[C@H](Oc1ccccc1)c1ccccc1. The van der Waals surface area contributed by atoms with Gasteiger partial charge in [0.2, 0.25) is 0 Å². The third kappa shape index (κ3) is 3.60. The Morgan fingerprint density at radius 2 is 1.44 bits per heavy atom. The first kappa shape index (κ1) is 12.7. The van der Waals surface area contributed by atoms with Crippen LogP contribution in [0.15, 0.2) is 60.7 Å². The first-order valence-electron chi connectivity index (χ1n) is 6.17. The third-order valence-electron chi connectivity index (χ3n) is 2.72. The van der Waals surface area contributed by atoms with E-state index in [1.807, 2.05) is 48.5 Å². The summed E-state index contributed by atoms with van der Waals surface area (Å²) in [6.07, 6.45) is 0.0589. The van der Waals surface area contributed by atoms with Crippen LogP contribution in [0, 0.1) is 0 Å². The second kappa shape index (κ2) is 6.22. The Morgan fingerprint density at radius 1 is 0.889 bits per heavy atom. The van der Waals surface area contributed by atoms with Crippen molar-refractivity contribution < 1.29 is 4.74 Å². The van der Waals surface area contributed by atoms with Crippen molar-refractivity contribution in [3.8, 4) is 5.75 Å². The van der Waals surface area contributed by atoms with Gasteiger partial charge in [0.25, 0.3) is 0 Å². The van der Waals surface area contributed by atoms with Crippen molar-refractivity contribution in [2.75, 3.05) is 20.6 Å². The normalized spacial score (nSPS) is 12.4. The molecule has 2 rings (SSSR count). The molecule has 0 heterocycles. The van der Waals surface area contributed by atoms with Gasteiger partial charge in [-0.3, -0.25) is 0 Å². The predicted octanol–water partition coefficient (Wildman–Crippen LogP) is 3.37. The largest absolute Gasteiger partial charge is 0.484 e. The molecule has 0 spiro atoms. The number of hydrogen-bond acceptors (Lipinski definition) is 2. The van der Waals surface area contributed by atoms with Crippen LogP contribution in [0.5, 0.6) is 5.75 Å². The second-order valence-corrected chi connectivity index (χ2v) is 4.59. The summed E-state index contributed by atoms with van der Waals surface area (Å²) in [7, 11) is 4.12. The zero-order valence-corrected chi connectivity index (χ0v) is 10.9. The summed E-state index contributed by atoms with van der Waals surface area (Å²) in [6.45, 7) is 0.860. The highest BCUT2D eigenvalue weighted by molar-refractivity contribution is 5.24. The Balaban J connectivity index is 2.16. The van der Waals surface area contributed by atoms with Crippen molar-refractivity contribution in [1.82, 2.24) is 4.90 Å². The molecule has 2 heteroatoms. The van der Waals surface area contributed by atoms with E-state index in [2.05, 4.69) is 31.1 Å². The van der Waals surface area contributed by atoms with Gasteiger partial charge in [0.1, 0.15) is 11.9 Å². The molecule has 1 atom stereocenters. The van der Waals surface area contributed by atoms with E-state index in [4.69, 9.17) is 4.74 Å². The van der Waals surface area contributed by atoms with E-state index in [9.17, 15) is 0 Å². The summed E-state index contributed by atoms with van der Waals surface area (Å²) in [5.74, 6) is 0.910. The third-order valence-corrected chi connectivity index (χ3v) is 2.72. The van der Waals surface area contributed by atoms with Crippen LogP contribution >= 0.6 is 0 Å². The highest BCUT2D eigenvalue weighted by Crippen LogP contribution is 2.22. The topological polar surface area (TPSA) is 12.5 Å². The van der Waals surface area contributed by atoms with Crippen LogP contribution in [-0.2, 0) is 0 Å². The molecule has 0 N–H and O–H groups in total. The van der Waals surface area contributed by atoms with Crippen molar-refractivity contribution in [2.45, 2.75) is 6.10 Å². The molecule has 0 fully saturated rings. The molecule has 0 bridgehead atoms. The van der Waals surface area contributed by atoms with E-state index in [-0.39, 0.29) is 6.10 Å². The lowest BCUT2D eigenvalue weighted by atomic mass is 10.1. The van der Waals surface area contributed by atoms with E-state index in [0.29, 0.717) is 0 Å². The molecule has 2 aromatic carbocycles. The molecular formula is C16H19NO. The van der Waals surface area contributed by atoms with E-state index in [1.54, 1.807) is 0 Å². The van der Waals surface area contributed by atoms with Crippen LogP contribution in [0.2, 0.25) is 0 Å². The van der Waals surface area contributed by atoms with Crippen LogP contribution in [0.25, 0.3) is 0 Å². The Kier molecular flexibility index (Phi) is 4.37. The van der Waals surface area contributed by atoms with Crippen LogP contribution in [0.4, 0.5) is 0 Å². The van der Waals surface area contributed by atoms with E-state index in [1.165, 1.54) is 5.56 Å².